The molecule has 1 aromatic heterocycles. The van der Waals surface area contributed by atoms with E-state index < -0.39 is 11.9 Å². The van der Waals surface area contributed by atoms with Crippen molar-refractivity contribution >= 4 is 28.6 Å². The van der Waals surface area contributed by atoms with Gasteiger partial charge in [0.15, 0.2) is 0 Å². The first-order chi connectivity index (χ1) is 11.9. The smallest absolute Gasteiger partial charge is 0.270 e. The van der Waals surface area contributed by atoms with E-state index in [2.05, 4.69) is 4.98 Å². The topological polar surface area (TPSA) is 109 Å². The van der Waals surface area contributed by atoms with Crippen molar-refractivity contribution in [2.24, 2.45) is 5.73 Å². The number of carbonyl (C=O) groups is 3. The number of hydrogen-bond donors (Lipinski definition) is 2. The molecule has 8 heteroatoms. The molecule has 2 aromatic rings. The zero-order valence-corrected chi connectivity index (χ0v) is 14.1. The van der Waals surface area contributed by atoms with Crippen LogP contribution in [0.5, 0.6) is 5.75 Å². The van der Waals surface area contributed by atoms with Crippen LogP contribution >= 0.6 is 0 Å². The number of fused-ring (bicyclic) bond motifs is 1. The van der Waals surface area contributed by atoms with Crippen LogP contribution in [0.25, 0.3) is 10.9 Å². The van der Waals surface area contributed by atoms with E-state index in [1.165, 1.54) is 16.7 Å². The number of nitrogens with zero attached hydrogens (tertiary/aromatic N) is 2. The molecule has 2 heterocycles. The third-order valence-corrected chi connectivity index (χ3v) is 4.47. The molecule has 1 aliphatic rings. The summed E-state index contributed by atoms with van der Waals surface area (Å²) in [5.41, 5.74) is 6.59. The maximum absolute atomic E-state index is 12.8. The van der Waals surface area contributed by atoms with Crippen LogP contribution in [0.2, 0.25) is 0 Å². The first-order valence-corrected chi connectivity index (χ1v) is 7.94. The number of primary amides is 1. The Morgan fingerprint density at radius 1 is 1.28 bits per heavy atom. The Balaban J connectivity index is 1.86. The number of carbonyl (C=O) groups excluding carboxylic acids is 3. The highest BCUT2D eigenvalue weighted by molar-refractivity contribution is 6.00. The second-order valence-electron chi connectivity index (χ2n) is 5.99. The van der Waals surface area contributed by atoms with Crippen molar-refractivity contribution in [3.8, 4) is 5.75 Å². The van der Waals surface area contributed by atoms with Crippen LogP contribution in [0.15, 0.2) is 24.3 Å². The molecule has 3 amide bonds. The number of aromatic nitrogens is 1. The largest absolute Gasteiger partial charge is 0.496 e. The number of nitrogens with two attached hydrogens (primary N) is 1. The lowest BCUT2D eigenvalue weighted by atomic mass is 10.1. The number of rotatable bonds is 3. The van der Waals surface area contributed by atoms with Gasteiger partial charge in [-0.3, -0.25) is 14.4 Å². The summed E-state index contributed by atoms with van der Waals surface area (Å²) in [6.45, 7) is 2.09. The molecule has 1 aliphatic heterocycles. The van der Waals surface area contributed by atoms with Gasteiger partial charge in [0.1, 0.15) is 17.5 Å². The van der Waals surface area contributed by atoms with Gasteiger partial charge in [-0.05, 0) is 18.2 Å². The molecule has 0 aliphatic carbocycles. The highest BCUT2D eigenvalue weighted by atomic mass is 16.5. The Hall–Kier alpha value is -3.03. The second kappa shape index (κ2) is 6.46. The molecule has 1 atom stereocenters. The number of H-pyrrole nitrogens is 1. The molecule has 25 heavy (non-hydrogen) atoms. The molecule has 3 N–H and O–H groups in total. The first kappa shape index (κ1) is 16.8. The Morgan fingerprint density at radius 2 is 2.04 bits per heavy atom. The zero-order chi connectivity index (χ0) is 18.1. The van der Waals surface area contributed by atoms with Crippen molar-refractivity contribution in [3.63, 3.8) is 0 Å². The third kappa shape index (κ3) is 3.02. The fraction of sp³-hybridized carbons (Fsp3) is 0.353. The number of benzene rings is 1. The van der Waals surface area contributed by atoms with Crippen LogP contribution in [0.3, 0.4) is 0 Å². The lowest BCUT2D eigenvalue weighted by molar-refractivity contribution is -0.140. The lowest BCUT2D eigenvalue weighted by Crippen LogP contribution is -2.60. The van der Waals surface area contributed by atoms with Gasteiger partial charge < -0.3 is 25.3 Å². The zero-order valence-electron chi connectivity index (χ0n) is 14.1. The molecule has 0 radical (unpaired) electrons. The van der Waals surface area contributed by atoms with E-state index in [0.717, 1.165) is 10.9 Å². The van der Waals surface area contributed by atoms with E-state index in [4.69, 9.17) is 10.5 Å². The van der Waals surface area contributed by atoms with E-state index in [0.29, 0.717) is 18.0 Å². The van der Waals surface area contributed by atoms with Crippen LogP contribution < -0.4 is 10.5 Å². The fourth-order valence-corrected chi connectivity index (χ4v) is 3.18. The Kier molecular flexibility index (Phi) is 4.35. The van der Waals surface area contributed by atoms with Crippen LogP contribution in [0.4, 0.5) is 0 Å². The van der Waals surface area contributed by atoms with Gasteiger partial charge in [-0.1, -0.05) is 6.07 Å². The van der Waals surface area contributed by atoms with Gasteiger partial charge in [-0.2, -0.15) is 0 Å². The quantitative estimate of drug-likeness (QED) is 0.836. The minimum atomic E-state index is -0.811. The molecule has 1 aromatic carbocycles. The van der Waals surface area contributed by atoms with Gasteiger partial charge in [-0.25, -0.2) is 0 Å². The van der Waals surface area contributed by atoms with Crippen molar-refractivity contribution < 1.29 is 19.1 Å². The number of piperazine rings is 1. The highest BCUT2D eigenvalue weighted by Gasteiger charge is 2.35. The molecular formula is C17H20N4O4. The third-order valence-electron chi connectivity index (χ3n) is 4.47. The summed E-state index contributed by atoms with van der Waals surface area (Å²) in [4.78, 5) is 42.1. The maximum Gasteiger partial charge on any atom is 0.270 e. The van der Waals surface area contributed by atoms with Crippen molar-refractivity contribution in [1.82, 2.24) is 14.8 Å². The molecule has 0 spiro atoms. The fourth-order valence-electron chi connectivity index (χ4n) is 3.18. The summed E-state index contributed by atoms with van der Waals surface area (Å²) in [5.74, 6) is -0.422. The Morgan fingerprint density at radius 3 is 2.68 bits per heavy atom. The number of amides is 3. The Labute approximate surface area is 144 Å². The summed E-state index contributed by atoms with van der Waals surface area (Å²) in [5, 5.41) is 0.808. The molecule has 0 saturated carbocycles. The standard InChI is InChI=1S/C17H20N4O4/c1-10(22)21-7-6-20(9-14(21)16(18)23)17(24)13-8-11-12(19-13)4-3-5-15(11)25-2/h3-5,8,14,19H,6-7,9H2,1-2H3,(H2,18,23)/t14-/m0/s1. The van der Waals surface area contributed by atoms with Gasteiger partial charge in [0.05, 0.1) is 13.7 Å². The van der Waals surface area contributed by atoms with Gasteiger partial charge in [0.2, 0.25) is 11.8 Å². The van der Waals surface area contributed by atoms with E-state index in [1.54, 1.807) is 13.2 Å². The van der Waals surface area contributed by atoms with Gasteiger partial charge in [-0.15, -0.1) is 0 Å². The molecule has 132 valence electrons. The van der Waals surface area contributed by atoms with Gasteiger partial charge in [0.25, 0.3) is 5.91 Å². The SMILES string of the molecule is COc1cccc2[nH]c(C(=O)N3CCN(C(C)=O)[C@H](C(N)=O)C3)cc12. The van der Waals surface area contributed by atoms with E-state index >= 15 is 0 Å². The minimum Gasteiger partial charge on any atom is -0.496 e. The van der Waals surface area contributed by atoms with Crippen molar-refractivity contribution in [2.45, 2.75) is 13.0 Å². The average Bonchev–Trinajstić information content (AvgIpc) is 3.04. The molecule has 1 fully saturated rings. The van der Waals surface area contributed by atoms with E-state index in [-0.39, 0.29) is 24.9 Å². The molecule has 1 saturated heterocycles. The normalized spacial score (nSPS) is 17.6. The predicted octanol–water partition coefficient (Wildman–Crippen LogP) is 0.335. The Bertz CT molecular complexity index is 844. The number of aromatic amines is 1. The molecule has 8 nitrogen and oxygen atoms in total. The molecule has 0 unspecified atom stereocenters. The van der Waals surface area contributed by atoms with Crippen LogP contribution in [-0.2, 0) is 9.59 Å². The summed E-state index contributed by atoms with van der Waals surface area (Å²) < 4.78 is 5.30. The molecule has 0 bridgehead atoms. The minimum absolute atomic E-state index is 0.0836. The number of nitrogens with one attached hydrogen (secondary N) is 1. The van der Waals surface area contributed by atoms with Crippen molar-refractivity contribution in [1.29, 1.82) is 0 Å². The number of hydrogen-bond acceptors (Lipinski definition) is 4. The highest BCUT2D eigenvalue weighted by Crippen LogP contribution is 2.26. The number of methoxy groups -OCH3 is 1. The van der Waals surface area contributed by atoms with Gasteiger partial charge in [0, 0.05) is 30.9 Å². The van der Waals surface area contributed by atoms with E-state index in [1.807, 2.05) is 18.2 Å². The second-order valence-corrected chi connectivity index (χ2v) is 5.99. The summed E-state index contributed by atoms with van der Waals surface area (Å²) in [7, 11) is 1.57. The predicted molar refractivity (Wildman–Crippen MR) is 91.1 cm³/mol. The van der Waals surface area contributed by atoms with Crippen LogP contribution in [-0.4, -0.2) is 65.3 Å². The molecule has 3 rings (SSSR count). The maximum atomic E-state index is 12.8. The first-order valence-electron chi connectivity index (χ1n) is 7.94. The summed E-state index contributed by atoms with van der Waals surface area (Å²) in [6.07, 6.45) is 0. The summed E-state index contributed by atoms with van der Waals surface area (Å²) in [6, 6.07) is 6.43. The molecular weight excluding hydrogens is 324 g/mol. The van der Waals surface area contributed by atoms with Crippen LogP contribution in [0.1, 0.15) is 17.4 Å². The number of ether oxygens (including phenoxy) is 1. The van der Waals surface area contributed by atoms with Crippen LogP contribution in [0, 0.1) is 0 Å². The van der Waals surface area contributed by atoms with Gasteiger partial charge >= 0.3 is 0 Å². The lowest BCUT2D eigenvalue weighted by Gasteiger charge is -2.39. The van der Waals surface area contributed by atoms with Crippen molar-refractivity contribution in [3.05, 3.63) is 30.0 Å². The monoisotopic (exact) mass is 344 g/mol. The summed E-state index contributed by atoms with van der Waals surface area (Å²) >= 11 is 0. The van der Waals surface area contributed by atoms with E-state index in [9.17, 15) is 14.4 Å². The average molecular weight is 344 g/mol. The van der Waals surface area contributed by atoms with Crippen molar-refractivity contribution in [2.75, 3.05) is 26.7 Å².